The van der Waals surface area contributed by atoms with E-state index in [1.165, 1.54) is 5.56 Å². The second-order valence-corrected chi connectivity index (χ2v) is 6.58. The summed E-state index contributed by atoms with van der Waals surface area (Å²) in [6, 6.07) is 36.5. The van der Waals surface area contributed by atoms with Gasteiger partial charge in [0.2, 0.25) is 5.91 Å². The fourth-order valence-corrected chi connectivity index (χ4v) is 2.55. The Morgan fingerprint density at radius 1 is 0.812 bits per heavy atom. The number of nitriles is 1. The fourth-order valence-electron chi connectivity index (χ4n) is 2.55. The number of benzene rings is 4. The zero-order valence-electron chi connectivity index (χ0n) is 17.5. The van der Waals surface area contributed by atoms with Crippen LogP contribution in [0.15, 0.2) is 97.1 Å². The van der Waals surface area contributed by atoms with E-state index in [2.05, 4.69) is 30.4 Å². The maximum atomic E-state index is 12.1. The van der Waals surface area contributed by atoms with Crippen LogP contribution in [0.3, 0.4) is 0 Å². The Morgan fingerprint density at radius 2 is 1.31 bits per heavy atom. The normalized spacial score (nSPS) is 9.25. The van der Waals surface area contributed by atoms with Gasteiger partial charge >= 0.3 is 31.1 Å². The standard InChI is InChI=1S/C20H13N2O2.C7H7.U/c21-14-15-6-10-18(11-7-15)24-19-12-8-17(9-13-19)22-20(23)16-4-2-1-3-5-16;1-7-5-3-2-4-6-7;/h2-13H,(H,22,23);3-6H,1H3;/q2*-1;+2. The largest absolute Gasteiger partial charge is 2.00 e. The van der Waals surface area contributed by atoms with Crippen LogP contribution in [0.1, 0.15) is 21.5 Å². The minimum Gasteiger partial charge on any atom is -0.457 e. The van der Waals surface area contributed by atoms with Gasteiger partial charge in [0.05, 0.1) is 11.6 Å². The van der Waals surface area contributed by atoms with Crippen molar-refractivity contribution in [3.63, 3.8) is 0 Å². The topological polar surface area (TPSA) is 62.1 Å². The Morgan fingerprint density at radius 3 is 1.78 bits per heavy atom. The van der Waals surface area contributed by atoms with Gasteiger partial charge in [-0.05, 0) is 48.5 Å². The summed E-state index contributed by atoms with van der Waals surface area (Å²) in [6.45, 7) is 2.06. The average Bonchev–Trinajstić information content (AvgIpc) is 2.82. The van der Waals surface area contributed by atoms with Crippen LogP contribution in [0.25, 0.3) is 0 Å². The quantitative estimate of drug-likeness (QED) is 0.270. The molecule has 0 radical (unpaired) electrons. The first-order chi connectivity index (χ1) is 15.1. The van der Waals surface area contributed by atoms with Gasteiger partial charge < -0.3 is 10.1 Å². The molecule has 0 atom stereocenters. The van der Waals surface area contributed by atoms with Crippen molar-refractivity contribution in [1.82, 2.24) is 0 Å². The van der Waals surface area contributed by atoms with Gasteiger partial charge in [-0.2, -0.15) is 71.5 Å². The molecular weight excluding hydrogens is 622 g/mol. The number of anilines is 1. The summed E-state index contributed by atoms with van der Waals surface area (Å²) < 4.78 is 5.70. The minimum absolute atomic E-state index is 0. The van der Waals surface area contributed by atoms with E-state index in [0.717, 1.165) is 0 Å². The molecule has 4 rings (SSSR count). The van der Waals surface area contributed by atoms with Crippen molar-refractivity contribution in [1.29, 1.82) is 5.26 Å². The van der Waals surface area contributed by atoms with Crippen LogP contribution < -0.4 is 10.1 Å². The Bertz CT molecular complexity index is 1140. The zero-order chi connectivity index (χ0) is 21.9. The molecular formula is C27H20N2O2U. The molecule has 0 fully saturated rings. The maximum absolute atomic E-state index is 12.1. The van der Waals surface area contributed by atoms with Crippen LogP contribution in [-0.2, 0) is 0 Å². The first-order valence-corrected chi connectivity index (χ1v) is 9.62. The van der Waals surface area contributed by atoms with Crippen molar-refractivity contribution in [2.45, 2.75) is 6.92 Å². The van der Waals surface area contributed by atoms with Crippen molar-refractivity contribution >= 4 is 11.6 Å². The number of rotatable bonds is 4. The molecule has 0 aliphatic heterocycles. The second-order valence-electron chi connectivity index (χ2n) is 6.58. The molecule has 4 aromatic rings. The van der Waals surface area contributed by atoms with Gasteiger partial charge in [0, 0.05) is 5.69 Å². The Labute approximate surface area is 212 Å². The molecule has 0 heterocycles. The predicted octanol–water partition coefficient (Wildman–Crippen LogP) is 6.20. The number of carbonyl (C=O) groups is 1. The molecule has 5 heteroatoms. The van der Waals surface area contributed by atoms with Crippen LogP contribution in [0.5, 0.6) is 11.5 Å². The number of hydrogen-bond donors (Lipinski definition) is 1. The zero-order valence-corrected chi connectivity index (χ0v) is 21.7. The summed E-state index contributed by atoms with van der Waals surface area (Å²) in [4.78, 5) is 12.1. The number of ether oxygens (including phenoxy) is 1. The van der Waals surface area contributed by atoms with Crippen molar-refractivity contribution < 1.29 is 40.6 Å². The Hall–Kier alpha value is -3.31. The van der Waals surface area contributed by atoms with Crippen molar-refractivity contribution in [2.75, 3.05) is 5.32 Å². The Balaban J connectivity index is 0.000000388. The van der Waals surface area contributed by atoms with E-state index in [1.807, 2.05) is 24.3 Å². The molecule has 1 amide bonds. The van der Waals surface area contributed by atoms with Gasteiger partial charge in [-0.1, -0.05) is 12.5 Å². The predicted molar refractivity (Wildman–Crippen MR) is 121 cm³/mol. The van der Waals surface area contributed by atoms with Gasteiger partial charge in [-0.3, -0.25) is 4.79 Å². The molecule has 154 valence electrons. The third-order valence-corrected chi connectivity index (χ3v) is 4.20. The average molecular weight is 642 g/mol. The first kappa shape index (κ1) is 25.0. The molecule has 0 spiro atoms. The summed E-state index contributed by atoms with van der Waals surface area (Å²) in [7, 11) is 0. The summed E-state index contributed by atoms with van der Waals surface area (Å²) in [5.74, 6) is 1.11. The van der Waals surface area contributed by atoms with E-state index < -0.39 is 0 Å². The fraction of sp³-hybridized carbons (Fsp3) is 0.0370. The molecule has 0 aliphatic carbocycles. The first-order valence-electron chi connectivity index (χ1n) is 9.62. The number of nitrogens with one attached hydrogen (secondary N) is 1. The van der Waals surface area contributed by atoms with Gasteiger partial charge in [0.15, 0.2) is 0 Å². The van der Waals surface area contributed by atoms with Crippen LogP contribution in [-0.4, -0.2) is 5.91 Å². The van der Waals surface area contributed by atoms with E-state index in [4.69, 9.17) is 10.00 Å². The van der Waals surface area contributed by atoms with Gasteiger partial charge in [0.25, 0.3) is 0 Å². The van der Waals surface area contributed by atoms with Gasteiger partial charge in [0.1, 0.15) is 11.5 Å². The van der Waals surface area contributed by atoms with E-state index in [0.29, 0.717) is 28.3 Å². The minimum atomic E-state index is -0.176. The van der Waals surface area contributed by atoms with Crippen molar-refractivity contribution in [3.8, 4) is 17.6 Å². The molecule has 1 N–H and O–H groups in total. The molecule has 0 bridgehead atoms. The second kappa shape index (κ2) is 13.2. The molecule has 4 nitrogen and oxygen atoms in total. The molecule has 0 saturated heterocycles. The van der Waals surface area contributed by atoms with E-state index >= 15 is 0 Å². The molecule has 0 saturated carbocycles. The smallest absolute Gasteiger partial charge is 0.457 e. The number of nitrogens with zero attached hydrogens (tertiary/aromatic N) is 1. The SMILES string of the molecule is Cc1cc[c-]cc1.N#Cc1ccc(Oc2ccc(NC(=O)c3cc[c-]cc3)cc2)cc1.[U+2]. The van der Waals surface area contributed by atoms with Crippen molar-refractivity contribution in [2.24, 2.45) is 0 Å². The van der Waals surface area contributed by atoms with Crippen molar-refractivity contribution in [3.05, 3.63) is 126 Å². The summed E-state index contributed by atoms with van der Waals surface area (Å²) in [5.41, 5.74) is 3.13. The summed E-state index contributed by atoms with van der Waals surface area (Å²) >= 11 is 0. The number of amides is 1. The van der Waals surface area contributed by atoms with E-state index in [9.17, 15) is 4.79 Å². The third-order valence-electron chi connectivity index (χ3n) is 4.20. The van der Waals surface area contributed by atoms with Crippen LogP contribution in [0.4, 0.5) is 5.69 Å². The maximum Gasteiger partial charge on any atom is 2.00 e. The number of carbonyl (C=O) groups excluding carboxylic acids is 1. The molecule has 0 unspecified atom stereocenters. The number of hydrogen-bond acceptors (Lipinski definition) is 3. The molecule has 32 heavy (non-hydrogen) atoms. The summed E-state index contributed by atoms with van der Waals surface area (Å²) in [5, 5.41) is 11.6. The van der Waals surface area contributed by atoms with Crippen LogP contribution >= 0.6 is 0 Å². The Kier molecular flexibility index (Phi) is 10.3. The molecule has 4 aromatic carbocycles. The van der Waals surface area contributed by atoms with Gasteiger partial charge in [-0.25, -0.2) is 0 Å². The molecule has 0 aliphatic rings. The van der Waals surface area contributed by atoms with E-state index in [1.54, 1.807) is 72.8 Å². The molecule has 0 aromatic heterocycles. The van der Waals surface area contributed by atoms with Gasteiger partial charge in [-0.15, -0.1) is 0 Å². The van der Waals surface area contributed by atoms with Crippen LogP contribution in [0, 0.1) is 61.5 Å². The number of aryl methyl sites for hydroxylation is 1. The summed E-state index contributed by atoms with van der Waals surface area (Å²) in [6.07, 6.45) is 0. The van der Waals surface area contributed by atoms with Crippen LogP contribution in [0.2, 0.25) is 0 Å². The van der Waals surface area contributed by atoms with E-state index in [-0.39, 0.29) is 37.0 Å². The monoisotopic (exact) mass is 642 g/mol. The third kappa shape index (κ3) is 8.08.